The SMILES string of the molecule is COc1cccc(-n2cc(CN(C)C(=O)C3CCCCC3)cn2)c1. The Morgan fingerprint density at radius 1 is 1.33 bits per heavy atom. The number of carbonyl (C=O) groups excluding carboxylic acids is 1. The van der Waals surface area contributed by atoms with Crippen molar-refractivity contribution in [3.05, 3.63) is 42.2 Å². The Morgan fingerprint density at radius 3 is 2.88 bits per heavy atom. The van der Waals surface area contributed by atoms with Crippen molar-refractivity contribution in [3.63, 3.8) is 0 Å². The Kier molecular flexibility index (Phi) is 5.18. The topological polar surface area (TPSA) is 47.4 Å². The van der Waals surface area contributed by atoms with Gasteiger partial charge in [0, 0.05) is 37.3 Å². The van der Waals surface area contributed by atoms with Crippen molar-refractivity contribution in [2.24, 2.45) is 5.92 Å². The summed E-state index contributed by atoms with van der Waals surface area (Å²) < 4.78 is 7.07. The van der Waals surface area contributed by atoms with Crippen LogP contribution in [-0.2, 0) is 11.3 Å². The second-order valence-corrected chi connectivity index (χ2v) is 6.52. The van der Waals surface area contributed by atoms with E-state index >= 15 is 0 Å². The smallest absolute Gasteiger partial charge is 0.225 e. The molecule has 3 rings (SSSR count). The fourth-order valence-corrected chi connectivity index (χ4v) is 3.35. The van der Waals surface area contributed by atoms with Gasteiger partial charge in [-0.25, -0.2) is 4.68 Å². The predicted molar refractivity (Wildman–Crippen MR) is 93.2 cm³/mol. The zero-order valence-corrected chi connectivity index (χ0v) is 14.4. The minimum absolute atomic E-state index is 0.206. The van der Waals surface area contributed by atoms with E-state index in [-0.39, 0.29) is 11.8 Å². The van der Waals surface area contributed by atoms with Gasteiger partial charge in [-0.2, -0.15) is 5.10 Å². The first-order chi connectivity index (χ1) is 11.7. The van der Waals surface area contributed by atoms with Gasteiger partial charge in [0.1, 0.15) is 5.75 Å². The van der Waals surface area contributed by atoms with Crippen molar-refractivity contribution < 1.29 is 9.53 Å². The number of nitrogens with zero attached hydrogens (tertiary/aromatic N) is 3. The summed E-state index contributed by atoms with van der Waals surface area (Å²) in [4.78, 5) is 14.4. The highest BCUT2D eigenvalue weighted by Crippen LogP contribution is 2.25. The van der Waals surface area contributed by atoms with Gasteiger partial charge in [0.25, 0.3) is 0 Å². The second kappa shape index (κ2) is 7.51. The molecule has 1 aliphatic carbocycles. The number of carbonyl (C=O) groups is 1. The van der Waals surface area contributed by atoms with Gasteiger partial charge in [0.05, 0.1) is 19.0 Å². The first-order valence-electron chi connectivity index (χ1n) is 8.60. The molecule has 1 aromatic heterocycles. The van der Waals surface area contributed by atoms with Gasteiger partial charge in [-0.1, -0.05) is 25.3 Å². The molecule has 1 heterocycles. The molecule has 0 saturated heterocycles. The summed E-state index contributed by atoms with van der Waals surface area (Å²) >= 11 is 0. The van der Waals surface area contributed by atoms with Crippen LogP contribution in [0.25, 0.3) is 5.69 Å². The molecular formula is C19H25N3O2. The number of amides is 1. The first-order valence-corrected chi connectivity index (χ1v) is 8.60. The van der Waals surface area contributed by atoms with E-state index in [0.29, 0.717) is 6.54 Å². The fraction of sp³-hybridized carbons (Fsp3) is 0.474. The van der Waals surface area contributed by atoms with Gasteiger partial charge < -0.3 is 9.64 Å². The van der Waals surface area contributed by atoms with E-state index in [1.165, 1.54) is 19.3 Å². The highest BCUT2D eigenvalue weighted by atomic mass is 16.5. The van der Waals surface area contributed by atoms with E-state index in [4.69, 9.17) is 4.74 Å². The van der Waals surface area contributed by atoms with E-state index in [2.05, 4.69) is 5.10 Å². The minimum atomic E-state index is 0.206. The molecule has 5 nitrogen and oxygen atoms in total. The summed E-state index contributed by atoms with van der Waals surface area (Å²) in [5, 5.41) is 4.41. The lowest BCUT2D eigenvalue weighted by Crippen LogP contribution is -2.33. The van der Waals surface area contributed by atoms with E-state index in [1.807, 2.05) is 53.3 Å². The van der Waals surface area contributed by atoms with Gasteiger partial charge in [0.2, 0.25) is 5.91 Å². The molecule has 2 aromatic rings. The molecule has 1 saturated carbocycles. The summed E-state index contributed by atoms with van der Waals surface area (Å²) in [6.45, 7) is 0.597. The minimum Gasteiger partial charge on any atom is -0.497 e. The summed E-state index contributed by atoms with van der Waals surface area (Å²) in [5.41, 5.74) is 1.98. The number of hydrogen-bond acceptors (Lipinski definition) is 3. The van der Waals surface area contributed by atoms with Crippen molar-refractivity contribution in [1.29, 1.82) is 0 Å². The van der Waals surface area contributed by atoms with Crippen LogP contribution in [0.4, 0.5) is 0 Å². The third kappa shape index (κ3) is 3.78. The third-order valence-corrected chi connectivity index (χ3v) is 4.70. The molecule has 128 valence electrons. The lowest BCUT2D eigenvalue weighted by Gasteiger charge is -2.26. The van der Waals surface area contributed by atoms with Crippen LogP contribution < -0.4 is 4.74 Å². The molecule has 0 bridgehead atoms. The Morgan fingerprint density at radius 2 is 2.12 bits per heavy atom. The molecule has 0 spiro atoms. The zero-order chi connectivity index (χ0) is 16.9. The number of aromatic nitrogens is 2. The average molecular weight is 327 g/mol. The molecule has 0 radical (unpaired) electrons. The van der Waals surface area contributed by atoms with Crippen molar-refractivity contribution in [3.8, 4) is 11.4 Å². The normalized spacial score (nSPS) is 15.2. The van der Waals surface area contributed by atoms with Crippen LogP contribution in [-0.4, -0.2) is 34.7 Å². The molecule has 0 N–H and O–H groups in total. The Balaban J connectivity index is 1.65. The summed E-state index contributed by atoms with van der Waals surface area (Å²) in [6.07, 6.45) is 9.49. The van der Waals surface area contributed by atoms with Crippen molar-refractivity contribution in [2.45, 2.75) is 38.6 Å². The van der Waals surface area contributed by atoms with Gasteiger partial charge >= 0.3 is 0 Å². The monoisotopic (exact) mass is 327 g/mol. The lowest BCUT2D eigenvalue weighted by atomic mass is 9.88. The summed E-state index contributed by atoms with van der Waals surface area (Å²) in [6, 6.07) is 7.77. The molecule has 1 fully saturated rings. The van der Waals surface area contributed by atoms with Crippen LogP contribution in [0.1, 0.15) is 37.7 Å². The van der Waals surface area contributed by atoms with Crippen LogP contribution >= 0.6 is 0 Å². The fourth-order valence-electron chi connectivity index (χ4n) is 3.35. The largest absolute Gasteiger partial charge is 0.497 e. The van der Waals surface area contributed by atoms with Crippen molar-refractivity contribution in [2.75, 3.05) is 14.2 Å². The average Bonchev–Trinajstić information content (AvgIpc) is 3.10. The van der Waals surface area contributed by atoms with Gasteiger partial charge in [-0.3, -0.25) is 4.79 Å². The van der Waals surface area contributed by atoms with Gasteiger partial charge in [0.15, 0.2) is 0 Å². The molecule has 0 aliphatic heterocycles. The summed E-state index contributed by atoms with van der Waals surface area (Å²) in [5.74, 6) is 1.27. The van der Waals surface area contributed by atoms with E-state index in [0.717, 1.165) is 29.8 Å². The Bertz CT molecular complexity index is 689. The molecule has 0 atom stereocenters. The zero-order valence-electron chi connectivity index (χ0n) is 14.4. The maximum absolute atomic E-state index is 12.5. The lowest BCUT2D eigenvalue weighted by molar-refractivity contribution is -0.135. The summed E-state index contributed by atoms with van der Waals surface area (Å²) in [7, 11) is 3.54. The number of benzene rings is 1. The third-order valence-electron chi connectivity index (χ3n) is 4.70. The predicted octanol–water partition coefficient (Wildman–Crippen LogP) is 3.42. The number of methoxy groups -OCH3 is 1. The van der Waals surface area contributed by atoms with Crippen LogP contribution in [0.2, 0.25) is 0 Å². The van der Waals surface area contributed by atoms with E-state index in [9.17, 15) is 4.79 Å². The van der Waals surface area contributed by atoms with Gasteiger partial charge in [-0.15, -0.1) is 0 Å². The van der Waals surface area contributed by atoms with Crippen molar-refractivity contribution in [1.82, 2.24) is 14.7 Å². The highest BCUT2D eigenvalue weighted by molar-refractivity contribution is 5.78. The van der Waals surface area contributed by atoms with Crippen LogP contribution in [0.3, 0.4) is 0 Å². The second-order valence-electron chi connectivity index (χ2n) is 6.52. The molecule has 1 aromatic carbocycles. The quantitative estimate of drug-likeness (QED) is 0.845. The number of rotatable bonds is 5. The molecule has 24 heavy (non-hydrogen) atoms. The Hall–Kier alpha value is -2.30. The molecular weight excluding hydrogens is 302 g/mol. The van der Waals surface area contributed by atoms with E-state index < -0.39 is 0 Å². The van der Waals surface area contributed by atoms with Crippen LogP contribution in [0.5, 0.6) is 5.75 Å². The van der Waals surface area contributed by atoms with Gasteiger partial charge in [-0.05, 0) is 25.0 Å². The number of hydrogen-bond donors (Lipinski definition) is 0. The Labute approximate surface area is 143 Å². The maximum atomic E-state index is 12.5. The standard InChI is InChI=1S/C19H25N3O2/c1-21(19(23)16-7-4-3-5-8-16)13-15-12-20-22(14-15)17-9-6-10-18(11-17)24-2/h6,9-12,14,16H,3-5,7-8,13H2,1-2H3. The number of ether oxygens (including phenoxy) is 1. The van der Waals surface area contributed by atoms with Crippen LogP contribution in [0, 0.1) is 5.92 Å². The first kappa shape index (κ1) is 16.6. The van der Waals surface area contributed by atoms with Crippen molar-refractivity contribution >= 4 is 5.91 Å². The van der Waals surface area contributed by atoms with Crippen LogP contribution in [0.15, 0.2) is 36.7 Å². The molecule has 1 amide bonds. The molecule has 1 aliphatic rings. The molecule has 5 heteroatoms. The maximum Gasteiger partial charge on any atom is 0.225 e. The highest BCUT2D eigenvalue weighted by Gasteiger charge is 2.24. The molecule has 0 unspecified atom stereocenters. The van der Waals surface area contributed by atoms with E-state index in [1.54, 1.807) is 7.11 Å².